The number of halogens is 1. The highest BCUT2D eigenvalue weighted by atomic mass is 19.1. The van der Waals surface area contributed by atoms with Gasteiger partial charge in [-0.1, -0.05) is 12.1 Å². The third kappa shape index (κ3) is 8.76. The van der Waals surface area contributed by atoms with Crippen molar-refractivity contribution in [2.24, 2.45) is 0 Å². The molecule has 0 radical (unpaired) electrons. The van der Waals surface area contributed by atoms with Crippen molar-refractivity contribution in [3.05, 3.63) is 96.0 Å². The lowest BCUT2D eigenvalue weighted by molar-refractivity contribution is -0.145. The summed E-state index contributed by atoms with van der Waals surface area (Å²) in [6.45, 7) is 1.88. The van der Waals surface area contributed by atoms with Crippen LogP contribution in [0.4, 0.5) is 15.9 Å². The molecule has 47 heavy (non-hydrogen) atoms. The first kappa shape index (κ1) is 33.3. The maximum Gasteiger partial charge on any atom is 0.358 e. The van der Waals surface area contributed by atoms with Gasteiger partial charge in [-0.15, -0.1) is 0 Å². The number of benzene rings is 1. The van der Waals surface area contributed by atoms with Gasteiger partial charge < -0.3 is 25.3 Å². The van der Waals surface area contributed by atoms with E-state index in [9.17, 15) is 24.0 Å². The van der Waals surface area contributed by atoms with Crippen LogP contribution in [-0.4, -0.2) is 56.5 Å². The number of fused-ring (bicyclic) bond motifs is 1. The summed E-state index contributed by atoms with van der Waals surface area (Å²) < 4.78 is 28.7. The van der Waals surface area contributed by atoms with Crippen LogP contribution in [0.2, 0.25) is 0 Å². The normalized spacial score (nSPS) is 10.2. The summed E-state index contributed by atoms with van der Waals surface area (Å²) in [6.07, 6.45) is 3.85. The van der Waals surface area contributed by atoms with Crippen LogP contribution in [0.25, 0.3) is 22.3 Å². The van der Waals surface area contributed by atoms with Gasteiger partial charge >= 0.3 is 11.9 Å². The number of anilines is 2. The van der Waals surface area contributed by atoms with Crippen LogP contribution in [-0.2, 0) is 25.7 Å². The van der Waals surface area contributed by atoms with E-state index in [4.69, 9.17) is 10.5 Å². The number of carbonyl (C=O) groups excluding carboxylic acids is 3. The summed E-state index contributed by atoms with van der Waals surface area (Å²) in [5, 5.41) is 11.7. The fourth-order valence-electron chi connectivity index (χ4n) is 4.08. The minimum absolute atomic E-state index is 0.0257. The maximum absolute atomic E-state index is 13.8. The minimum Gasteiger partial charge on any atom is -0.472 e. The molecule has 15 heteroatoms. The van der Waals surface area contributed by atoms with Crippen molar-refractivity contribution >= 4 is 40.4 Å². The third-order valence-corrected chi connectivity index (χ3v) is 6.15. The first-order valence-electron chi connectivity index (χ1n) is 13.9. The number of nitrogens with one attached hydrogen (secondary N) is 1. The molecule has 0 atom stereocenters. The van der Waals surface area contributed by atoms with Crippen LogP contribution >= 0.6 is 0 Å². The van der Waals surface area contributed by atoms with Crippen LogP contribution in [0.5, 0.6) is 5.88 Å². The third-order valence-electron chi connectivity index (χ3n) is 6.15. The standard InChI is InChI=1S/C20H13FN6O.C12H14N2O5/c21-14-4-1-3-12(7-14)18-13(8-17-16(27-18)5-2-6-24-17)10-28-20-15(9-22)19(23)25-11-26-20;1-3-19-10(16)7-9(15)14-8-5-4-6-13-11(8)12(17)18-2/h1-8,11H,10H2,(H2,23,25,26);4-6H,3,7H2,1-2H3,(H,14,15). The lowest BCUT2D eigenvalue weighted by Gasteiger charge is -2.12. The van der Waals surface area contributed by atoms with Crippen molar-refractivity contribution < 1.29 is 33.0 Å². The van der Waals surface area contributed by atoms with Crippen molar-refractivity contribution in [1.82, 2.24) is 24.9 Å². The average molecular weight is 639 g/mol. The number of nitriles is 1. The van der Waals surface area contributed by atoms with E-state index in [-0.39, 0.29) is 47.7 Å². The Hall–Kier alpha value is -6.56. The molecule has 5 aromatic rings. The number of hydrogen-bond donors (Lipinski definition) is 2. The van der Waals surface area contributed by atoms with Crippen molar-refractivity contribution in [1.29, 1.82) is 5.26 Å². The molecule has 0 bridgehead atoms. The van der Waals surface area contributed by atoms with Crippen molar-refractivity contribution in [3.63, 3.8) is 0 Å². The van der Waals surface area contributed by atoms with Gasteiger partial charge in [0.2, 0.25) is 11.8 Å². The molecule has 4 aromatic heterocycles. The van der Waals surface area contributed by atoms with Gasteiger partial charge in [-0.25, -0.2) is 29.1 Å². The number of nitrogen functional groups attached to an aromatic ring is 1. The van der Waals surface area contributed by atoms with Crippen LogP contribution in [0, 0.1) is 17.1 Å². The van der Waals surface area contributed by atoms with Gasteiger partial charge in [-0.05, 0) is 49.4 Å². The lowest BCUT2D eigenvalue weighted by Crippen LogP contribution is -2.20. The molecule has 0 fully saturated rings. The monoisotopic (exact) mass is 638 g/mol. The Morgan fingerprint density at radius 3 is 2.53 bits per heavy atom. The second-order valence-corrected chi connectivity index (χ2v) is 9.31. The molecule has 5 rings (SSSR count). The predicted octanol–water partition coefficient (Wildman–Crippen LogP) is 4.02. The Morgan fingerprint density at radius 1 is 1.00 bits per heavy atom. The number of rotatable bonds is 9. The van der Waals surface area contributed by atoms with Gasteiger partial charge in [0.1, 0.15) is 37.1 Å². The fourth-order valence-corrected chi connectivity index (χ4v) is 4.08. The maximum atomic E-state index is 13.8. The predicted molar refractivity (Wildman–Crippen MR) is 166 cm³/mol. The van der Waals surface area contributed by atoms with E-state index in [1.807, 2.05) is 18.2 Å². The SMILES string of the molecule is CCOC(=O)CC(=O)Nc1cccnc1C(=O)OC.N#Cc1c(N)ncnc1OCc1cc2ncccc2nc1-c1cccc(F)c1. The number of ether oxygens (including phenoxy) is 3. The fraction of sp³-hybridized carbons (Fsp3) is 0.156. The molecule has 0 spiro atoms. The Kier molecular flexibility index (Phi) is 11.3. The highest BCUT2D eigenvalue weighted by Gasteiger charge is 2.17. The Bertz CT molecular complexity index is 1970. The molecule has 4 heterocycles. The molecule has 0 saturated carbocycles. The van der Waals surface area contributed by atoms with E-state index >= 15 is 0 Å². The molecule has 0 aliphatic carbocycles. The van der Waals surface area contributed by atoms with Gasteiger partial charge in [0.15, 0.2) is 11.3 Å². The van der Waals surface area contributed by atoms with Gasteiger partial charge in [0.25, 0.3) is 0 Å². The molecule has 1 amide bonds. The van der Waals surface area contributed by atoms with E-state index in [0.29, 0.717) is 27.9 Å². The van der Waals surface area contributed by atoms with Crippen molar-refractivity contribution in [2.75, 3.05) is 24.8 Å². The van der Waals surface area contributed by atoms with Gasteiger partial charge in [0, 0.05) is 23.5 Å². The zero-order valence-electron chi connectivity index (χ0n) is 25.1. The van der Waals surface area contributed by atoms with Crippen LogP contribution in [0.15, 0.2) is 73.3 Å². The number of carbonyl (C=O) groups is 3. The van der Waals surface area contributed by atoms with Gasteiger partial charge in [-0.2, -0.15) is 5.26 Å². The number of hydrogen-bond acceptors (Lipinski definition) is 13. The van der Waals surface area contributed by atoms with E-state index in [0.717, 1.165) is 0 Å². The summed E-state index contributed by atoms with van der Waals surface area (Å²) in [7, 11) is 1.21. The number of nitrogens with zero attached hydrogens (tertiary/aromatic N) is 6. The number of pyridine rings is 3. The highest BCUT2D eigenvalue weighted by Crippen LogP contribution is 2.27. The zero-order chi connectivity index (χ0) is 33.8. The largest absolute Gasteiger partial charge is 0.472 e. The number of methoxy groups -OCH3 is 1. The van der Waals surface area contributed by atoms with E-state index in [1.165, 1.54) is 37.8 Å². The van der Waals surface area contributed by atoms with E-state index < -0.39 is 24.3 Å². The molecular weight excluding hydrogens is 611 g/mol. The smallest absolute Gasteiger partial charge is 0.358 e. The summed E-state index contributed by atoms with van der Waals surface area (Å²) in [4.78, 5) is 54.6. The first-order valence-corrected chi connectivity index (χ1v) is 13.9. The average Bonchev–Trinajstić information content (AvgIpc) is 3.07. The van der Waals surface area contributed by atoms with Crippen LogP contribution in [0.3, 0.4) is 0 Å². The molecule has 1 aromatic carbocycles. The number of esters is 2. The Labute approximate surface area is 267 Å². The molecular formula is C32H27FN8O6. The summed E-state index contributed by atoms with van der Waals surface area (Å²) in [6, 6.07) is 16.5. The first-order chi connectivity index (χ1) is 22.7. The summed E-state index contributed by atoms with van der Waals surface area (Å²) in [5.74, 6) is -2.16. The second-order valence-electron chi connectivity index (χ2n) is 9.31. The van der Waals surface area contributed by atoms with Crippen LogP contribution < -0.4 is 15.8 Å². The number of aromatic nitrogens is 5. The lowest BCUT2D eigenvalue weighted by atomic mass is 10.0. The Morgan fingerprint density at radius 2 is 1.79 bits per heavy atom. The Balaban J connectivity index is 0.000000231. The summed E-state index contributed by atoms with van der Waals surface area (Å²) in [5.41, 5.74) is 9.08. The zero-order valence-corrected chi connectivity index (χ0v) is 25.1. The quantitative estimate of drug-likeness (QED) is 0.173. The molecule has 14 nitrogen and oxygen atoms in total. The highest BCUT2D eigenvalue weighted by molar-refractivity contribution is 6.05. The molecule has 238 valence electrons. The number of amides is 1. The molecule has 0 unspecified atom stereocenters. The molecule has 3 N–H and O–H groups in total. The summed E-state index contributed by atoms with van der Waals surface area (Å²) >= 11 is 0. The van der Waals surface area contributed by atoms with Gasteiger partial charge in [0.05, 0.1) is 36.1 Å². The van der Waals surface area contributed by atoms with Crippen LogP contribution in [0.1, 0.15) is 35.0 Å². The second kappa shape index (κ2) is 16.0. The minimum atomic E-state index is -0.674. The van der Waals surface area contributed by atoms with Gasteiger partial charge in [-0.3, -0.25) is 14.6 Å². The van der Waals surface area contributed by atoms with E-state index in [2.05, 4.69) is 39.7 Å². The molecule has 0 aliphatic heterocycles. The van der Waals surface area contributed by atoms with E-state index in [1.54, 1.807) is 37.4 Å². The van der Waals surface area contributed by atoms with Crippen molar-refractivity contribution in [3.8, 4) is 23.2 Å². The topological polar surface area (TPSA) is 205 Å². The van der Waals surface area contributed by atoms with Crippen molar-refractivity contribution in [2.45, 2.75) is 20.0 Å². The molecule has 0 saturated heterocycles. The molecule has 0 aliphatic rings. The number of nitrogens with two attached hydrogens (primary N) is 1.